The van der Waals surface area contributed by atoms with E-state index in [9.17, 15) is 9.90 Å². The highest BCUT2D eigenvalue weighted by Crippen LogP contribution is 2.14. The Morgan fingerprint density at radius 2 is 2.00 bits per heavy atom. The summed E-state index contributed by atoms with van der Waals surface area (Å²) < 4.78 is 11.1. The number of methoxy groups -OCH3 is 1. The van der Waals surface area contributed by atoms with Gasteiger partial charge in [-0.2, -0.15) is 0 Å². The minimum absolute atomic E-state index is 0.207. The molecule has 0 spiro atoms. The number of aromatic nitrogens is 2. The average Bonchev–Trinajstić information content (AvgIpc) is 2.96. The highest BCUT2D eigenvalue weighted by atomic mass is 16.5. The molecule has 0 bridgehead atoms. The molecule has 24 heavy (non-hydrogen) atoms. The molecule has 7 heteroatoms. The van der Waals surface area contributed by atoms with Crippen molar-refractivity contribution < 1.29 is 19.0 Å². The van der Waals surface area contributed by atoms with Crippen LogP contribution in [0, 0.1) is 6.92 Å². The van der Waals surface area contributed by atoms with Crippen molar-refractivity contribution in [1.82, 2.24) is 5.27 Å². The molecule has 1 heterocycles. The molecule has 0 aliphatic carbocycles. The standard InChI is InChI=1S/C17H15N3O4/c1-11-4-3-5-12(10-11)18-16(21)15-17(22)24-19-20(15)13-6-8-14(23-2)9-7-13/h3-10H,1-2H3,(H-,18,19,21,22). The van der Waals surface area contributed by atoms with Crippen molar-refractivity contribution in [2.24, 2.45) is 4.99 Å². The van der Waals surface area contributed by atoms with Crippen molar-refractivity contribution >= 4 is 11.6 Å². The Morgan fingerprint density at radius 1 is 1.25 bits per heavy atom. The summed E-state index contributed by atoms with van der Waals surface area (Å²) in [4.78, 5) is 15.9. The highest BCUT2D eigenvalue weighted by molar-refractivity contribution is 5.88. The second-order valence-electron chi connectivity index (χ2n) is 5.12. The number of H-pyrrole nitrogens is 1. The summed E-state index contributed by atoms with van der Waals surface area (Å²) in [6.07, 6.45) is 0. The van der Waals surface area contributed by atoms with Crippen LogP contribution in [0.4, 0.5) is 5.69 Å². The van der Waals surface area contributed by atoms with Crippen LogP contribution in [0.25, 0.3) is 5.69 Å². The quantitative estimate of drug-likeness (QED) is 0.440. The molecule has 7 nitrogen and oxygen atoms in total. The first-order chi connectivity index (χ1) is 11.6. The Bertz CT molecular complexity index is 939. The van der Waals surface area contributed by atoms with Crippen LogP contribution < -0.4 is 20.2 Å². The van der Waals surface area contributed by atoms with E-state index in [4.69, 9.17) is 9.26 Å². The first kappa shape index (κ1) is 15.5. The third kappa shape index (κ3) is 3.05. The summed E-state index contributed by atoms with van der Waals surface area (Å²) in [6.45, 7) is 1.89. The smallest absolute Gasteiger partial charge is 0.436 e. The van der Waals surface area contributed by atoms with Crippen molar-refractivity contribution in [3.8, 4) is 11.4 Å². The Balaban J connectivity index is 2.05. The number of aliphatic imine (C=N–C) groups is 1. The van der Waals surface area contributed by atoms with Crippen molar-refractivity contribution in [3.05, 3.63) is 70.2 Å². The lowest BCUT2D eigenvalue weighted by molar-refractivity contribution is -0.673. The molecule has 1 N–H and O–H groups in total. The summed E-state index contributed by atoms with van der Waals surface area (Å²) in [6, 6.07) is 13.9. The fraction of sp³-hybridized carbons (Fsp3) is 0.118. The molecule has 0 saturated carbocycles. The van der Waals surface area contributed by atoms with E-state index in [1.807, 2.05) is 13.0 Å². The van der Waals surface area contributed by atoms with Gasteiger partial charge in [0.15, 0.2) is 0 Å². The largest absolute Gasteiger partial charge is 0.854 e. The fourth-order valence-electron chi connectivity index (χ4n) is 2.24. The van der Waals surface area contributed by atoms with E-state index in [1.165, 1.54) is 4.68 Å². The topological polar surface area (TPSA) is 94.5 Å². The minimum Gasteiger partial charge on any atom is -0.854 e. The predicted molar refractivity (Wildman–Crippen MR) is 84.8 cm³/mol. The first-order valence-electron chi connectivity index (χ1n) is 7.19. The molecule has 3 rings (SSSR count). The number of ether oxygens (including phenoxy) is 1. The molecule has 0 fully saturated rings. The van der Waals surface area contributed by atoms with Crippen molar-refractivity contribution in [2.45, 2.75) is 6.92 Å². The van der Waals surface area contributed by atoms with Gasteiger partial charge in [-0.25, -0.2) is 4.79 Å². The van der Waals surface area contributed by atoms with Gasteiger partial charge in [-0.1, -0.05) is 12.1 Å². The second kappa shape index (κ2) is 6.41. The number of nitrogens with zero attached hydrogens (tertiary/aromatic N) is 2. The van der Waals surface area contributed by atoms with Crippen LogP contribution in [0.5, 0.6) is 5.75 Å². The first-order valence-corrected chi connectivity index (χ1v) is 7.19. The number of nitrogens with one attached hydrogen (secondary N) is 1. The summed E-state index contributed by atoms with van der Waals surface area (Å²) in [5.74, 6) is -0.0334. The Morgan fingerprint density at radius 3 is 2.67 bits per heavy atom. The van der Waals surface area contributed by atoms with Crippen molar-refractivity contribution in [2.75, 3.05) is 7.11 Å². The van der Waals surface area contributed by atoms with E-state index < -0.39 is 11.5 Å². The van der Waals surface area contributed by atoms with Crippen LogP contribution in [0.15, 0.2) is 62.8 Å². The molecular weight excluding hydrogens is 310 g/mol. The zero-order chi connectivity index (χ0) is 17.1. The van der Waals surface area contributed by atoms with Gasteiger partial charge in [-0.15, -0.1) is 0 Å². The highest BCUT2D eigenvalue weighted by Gasteiger charge is 2.23. The molecule has 122 valence electrons. The zero-order valence-corrected chi connectivity index (χ0v) is 13.1. The van der Waals surface area contributed by atoms with Crippen LogP contribution in [0.2, 0.25) is 0 Å². The number of aryl methyl sites for hydroxylation is 1. The molecule has 3 aromatic rings. The Labute approximate surface area is 137 Å². The predicted octanol–water partition coefficient (Wildman–Crippen LogP) is 1.00. The number of hydrogen-bond donors (Lipinski definition) is 1. The van der Waals surface area contributed by atoms with Gasteiger partial charge in [0.2, 0.25) is 5.69 Å². The number of hydrogen-bond acceptors (Lipinski definition) is 5. The molecule has 0 atom stereocenters. The molecular formula is C17H15N3O4. The van der Waals surface area contributed by atoms with Crippen LogP contribution in [-0.2, 0) is 0 Å². The van der Waals surface area contributed by atoms with Crippen LogP contribution in [0.1, 0.15) is 11.3 Å². The molecule has 0 aliphatic heterocycles. The monoisotopic (exact) mass is 325 g/mol. The van der Waals surface area contributed by atoms with Gasteiger partial charge >= 0.3 is 11.3 Å². The average molecular weight is 325 g/mol. The lowest BCUT2D eigenvalue weighted by Gasteiger charge is -2.05. The molecule has 0 saturated heterocycles. The third-order valence-electron chi connectivity index (χ3n) is 3.41. The van der Waals surface area contributed by atoms with E-state index in [1.54, 1.807) is 49.6 Å². The normalized spacial score (nSPS) is 11.5. The van der Waals surface area contributed by atoms with Gasteiger partial charge < -0.3 is 9.84 Å². The van der Waals surface area contributed by atoms with Gasteiger partial charge in [-0.3, -0.25) is 9.52 Å². The number of benzene rings is 2. The lowest BCUT2D eigenvalue weighted by atomic mass is 10.2. The van der Waals surface area contributed by atoms with Gasteiger partial charge in [0.25, 0.3) is 0 Å². The third-order valence-corrected chi connectivity index (χ3v) is 3.41. The van der Waals surface area contributed by atoms with Crippen LogP contribution in [0.3, 0.4) is 0 Å². The van der Waals surface area contributed by atoms with Gasteiger partial charge in [0, 0.05) is 12.1 Å². The second-order valence-corrected chi connectivity index (χ2v) is 5.12. The van der Waals surface area contributed by atoms with Crippen LogP contribution in [-0.4, -0.2) is 18.3 Å². The molecule has 1 aromatic heterocycles. The van der Waals surface area contributed by atoms with E-state index in [0.29, 0.717) is 17.1 Å². The maximum atomic E-state index is 12.4. The van der Waals surface area contributed by atoms with Gasteiger partial charge in [0.1, 0.15) is 5.75 Å². The van der Waals surface area contributed by atoms with E-state index in [2.05, 4.69) is 10.3 Å². The molecule has 2 aromatic carbocycles. The Hall–Kier alpha value is -3.35. The maximum Gasteiger partial charge on any atom is 0.436 e. The summed E-state index contributed by atoms with van der Waals surface area (Å²) in [7, 11) is 1.55. The molecule has 0 amide bonds. The minimum atomic E-state index is -0.785. The SMILES string of the molecule is COc1ccc(-[n+]2[nH]oc(=O)c2C([O-])=Nc2cccc(C)c2)cc1. The molecule has 0 unspecified atom stereocenters. The summed E-state index contributed by atoms with van der Waals surface area (Å²) >= 11 is 0. The summed E-state index contributed by atoms with van der Waals surface area (Å²) in [5.41, 5.74) is 0.994. The molecule has 0 radical (unpaired) electrons. The van der Waals surface area contributed by atoms with E-state index in [0.717, 1.165) is 5.56 Å². The zero-order valence-electron chi connectivity index (χ0n) is 13.1. The van der Waals surface area contributed by atoms with Crippen LogP contribution >= 0.6 is 0 Å². The number of aromatic amines is 1. The van der Waals surface area contributed by atoms with Crippen molar-refractivity contribution in [1.29, 1.82) is 0 Å². The van der Waals surface area contributed by atoms with E-state index >= 15 is 0 Å². The maximum absolute atomic E-state index is 12.4. The Kier molecular flexibility index (Phi) is 4.15. The van der Waals surface area contributed by atoms with Gasteiger partial charge in [-0.05, 0) is 46.7 Å². The van der Waals surface area contributed by atoms with Crippen molar-refractivity contribution in [3.63, 3.8) is 0 Å². The van der Waals surface area contributed by atoms with Gasteiger partial charge in [0.05, 0.1) is 18.7 Å². The summed E-state index contributed by atoms with van der Waals surface area (Å²) in [5, 5.41) is 14.8. The molecule has 0 aliphatic rings. The van der Waals surface area contributed by atoms with E-state index in [-0.39, 0.29) is 5.69 Å². The lowest BCUT2D eigenvalue weighted by Crippen LogP contribution is -2.44. The fourth-order valence-corrected chi connectivity index (χ4v) is 2.24. The number of rotatable bonds is 4.